The van der Waals surface area contributed by atoms with Gasteiger partial charge in [-0.05, 0) is 0 Å². The molecule has 1 heterocycles. The third-order valence-corrected chi connectivity index (χ3v) is 3.13. The molecule has 0 radical (unpaired) electrons. The van der Waals surface area contributed by atoms with Crippen molar-refractivity contribution in [2.75, 3.05) is 20.3 Å². The summed E-state index contributed by atoms with van der Waals surface area (Å²) in [5, 5.41) is 40.1. The van der Waals surface area contributed by atoms with Crippen LogP contribution in [0.1, 0.15) is 6.42 Å². The van der Waals surface area contributed by atoms with E-state index in [-0.39, 0.29) is 36.2 Å². The summed E-state index contributed by atoms with van der Waals surface area (Å²) in [6.07, 6.45) is -4.36. The second-order valence-electron chi connectivity index (χ2n) is 4.44. The van der Waals surface area contributed by atoms with E-state index in [2.05, 4.69) is 6.58 Å². The number of aliphatic hydroxyl groups excluding tert-OH is 3. The maximum Gasteiger partial charge on any atom is 1.00 e. The van der Waals surface area contributed by atoms with Crippen molar-refractivity contribution >= 4 is 5.97 Å². The molecule has 1 fully saturated rings. The van der Waals surface area contributed by atoms with Gasteiger partial charge >= 0.3 is 29.6 Å². The summed E-state index contributed by atoms with van der Waals surface area (Å²) in [6.45, 7) is 2.70. The molecule has 21 heavy (non-hydrogen) atoms. The quantitative estimate of drug-likeness (QED) is 0.313. The van der Waals surface area contributed by atoms with Crippen LogP contribution in [0.25, 0.3) is 0 Å². The fraction of sp³-hybridized carbons (Fsp3) is 0.750. The van der Waals surface area contributed by atoms with E-state index < -0.39 is 49.2 Å². The Morgan fingerprint density at radius 2 is 2.24 bits per heavy atom. The molecule has 0 aliphatic carbocycles. The zero-order chi connectivity index (χ0) is 15.3. The smallest absolute Gasteiger partial charge is 0.544 e. The molecule has 0 bridgehead atoms. The first-order valence-electron chi connectivity index (χ1n) is 6.05. The van der Waals surface area contributed by atoms with Crippen molar-refractivity contribution in [3.63, 3.8) is 0 Å². The number of carboxylic acid groups (broad SMARTS) is 1. The monoisotopic (exact) mass is 314 g/mol. The summed E-state index contributed by atoms with van der Waals surface area (Å²) in [4.78, 5) is 11.3. The van der Waals surface area contributed by atoms with Gasteiger partial charge in [-0.1, -0.05) is 6.08 Å². The minimum absolute atomic E-state index is 0. The van der Waals surface area contributed by atoms with Crippen LogP contribution < -0.4 is 34.7 Å². The van der Waals surface area contributed by atoms with E-state index in [4.69, 9.17) is 19.3 Å². The number of carbonyl (C=O) groups is 1. The van der Waals surface area contributed by atoms with E-state index in [0.29, 0.717) is 0 Å². The second kappa shape index (κ2) is 9.19. The van der Waals surface area contributed by atoms with Gasteiger partial charge in [0.05, 0.1) is 19.3 Å². The Balaban J connectivity index is 0.00000400. The third kappa shape index (κ3) is 4.72. The van der Waals surface area contributed by atoms with Crippen LogP contribution in [0.4, 0.5) is 0 Å². The van der Waals surface area contributed by atoms with E-state index in [1.54, 1.807) is 0 Å². The first kappa shape index (κ1) is 21.0. The number of carbonyl (C=O) groups excluding carboxylic acids is 1. The van der Waals surface area contributed by atoms with Gasteiger partial charge in [-0.25, -0.2) is 0 Å². The molecule has 0 aromatic carbocycles. The van der Waals surface area contributed by atoms with Crippen LogP contribution in [0.15, 0.2) is 12.7 Å². The van der Waals surface area contributed by atoms with Crippen LogP contribution in [0.3, 0.4) is 0 Å². The minimum atomic E-state index is -2.23. The molecule has 0 saturated carbocycles. The number of rotatable bonds is 7. The standard InChI is InChI=1S/C12H20O8.Na/c1-3-4-19-12(11(16)17)5-7(14)9(15)10(20-12)8(6-13)18-2;/h3,7-10,13-15H,1,4-6H2,2H3,(H,16,17);/q;+1/p-1/t7-,8-,9-,10-,12-;/m1./s1. The number of carboxylic acids is 1. The Hall–Kier alpha value is -0.0300. The summed E-state index contributed by atoms with van der Waals surface area (Å²) >= 11 is 0. The molecule has 3 N–H and O–H groups in total. The molecule has 8 nitrogen and oxygen atoms in total. The van der Waals surface area contributed by atoms with Crippen LogP contribution in [0.2, 0.25) is 0 Å². The molecule has 9 heteroatoms. The second-order valence-corrected chi connectivity index (χ2v) is 4.44. The number of aliphatic carboxylic acids is 1. The van der Waals surface area contributed by atoms with Crippen LogP contribution in [-0.2, 0) is 19.0 Å². The molecule has 0 unspecified atom stereocenters. The molecular weight excluding hydrogens is 295 g/mol. The van der Waals surface area contributed by atoms with Gasteiger partial charge in [0.2, 0.25) is 5.79 Å². The van der Waals surface area contributed by atoms with E-state index in [0.717, 1.165) is 0 Å². The Labute approximate surface area is 144 Å². The van der Waals surface area contributed by atoms with Crippen molar-refractivity contribution in [2.24, 2.45) is 0 Å². The largest absolute Gasteiger partial charge is 1.00 e. The first-order valence-corrected chi connectivity index (χ1v) is 6.05. The van der Waals surface area contributed by atoms with Gasteiger partial charge in [-0.15, -0.1) is 6.58 Å². The van der Waals surface area contributed by atoms with Gasteiger partial charge in [0.25, 0.3) is 0 Å². The summed E-state index contributed by atoms with van der Waals surface area (Å²) in [5.74, 6) is -3.92. The normalized spacial score (nSPS) is 33.8. The number of ether oxygens (including phenoxy) is 3. The maximum atomic E-state index is 11.3. The Bertz CT molecular complexity index is 346. The van der Waals surface area contributed by atoms with Crippen molar-refractivity contribution < 1.29 is 69.0 Å². The molecule has 1 aliphatic heterocycles. The van der Waals surface area contributed by atoms with Crippen molar-refractivity contribution in [3.05, 3.63) is 12.7 Å². The number of hydrogen-bond acceptors (Lipinski definition) is 8. The van der Waals surface area contributed by atoms with E-state index in [9.17, 15) is 20.1 Å². The third-order valence-electron chi connectivity index (χ3n) is 3.13. The molecule has 1 rings (SSSR count). The summed E-state index contributed by atoms with van der Waals surface area (Å²) in [5.41, 5.74) is 0. The van der Waals surface area contributed by atoms with Gasteiger partial charge < -0.3 is 39.4 Å². The van der Waals surface area contributed by atoms with Crippen molar-refractivity contribution in [1.29, 1.82) is 0 Å². The van der Waals surface area contributed by atoms with E-state index in [1.165, 1.54) is 13.2 Å². The topological polar surface area (TPSA) is 129 Å². The van der Waals surface area contributed by atoms with Gasteiger partial charge in [0.15, 0.2) is 0 Å². The van der Waals surface area contributed by atoms with Crippen molar-refractivity contribution in [1.82, 2.24) is 0 Å². The van der Waals surface area contributed by atoms with Crippen LogP contribution in [-0.4, -0.2) is 71.8 Å². The fourth-order valence-corrected chi connectivity index (χ4v) is 2.04. The number of methoxy groups -OCH3 is 1. The summed E-state index contributed by atoms with van der Waals surface area (Å²) < 4.78 is 15.2. The minimum Gasteiger partial charge on any atom is -0.544 e. The Kier molecular flexibility index (Phi) is 9.17. The van der Waals surface area contributed by atoms with Crippen LogP contribution in [0, 0.1) is 0 Å². The summed E-state index contributed by atoms with van der Waals surface area (Å²) in [7, 11) is 1.25. The number of hydrogen-bond donors (Lipinski definition) is 3. The molecule has 1 aliphatic rings. The average molecular weight is 314 g/mol. The van der Waals surface area contributed by atoms with E-state index in [1.807, 2.05) is 0 Å². The molecule has 0 aromatic rings. The van der Waals surface area contributed by atoms with Gasteiger partial charge in [0, 0.05) is 13.5 Å². The average Bonchev–Trinajstić information content (AvgIpc) is 2.42. The van der Waals surface area contributed by atoms with Crippen molar-refractivity contribution in [3.8, 4) is 0 Å². The molecule has 5 atom stereocenters. The molecule has 0 aromatic heterocycles. The fourth-order valence-electron chi connectivity index (χ4n) is 2.04. The zero-order valence-corrected chi connectivity index (χ0v) is 14.1. The molecule has 0 spiro atoms. The molecule has 0 amide bonds. The zero-order valence-electron chi connectivity index (χ0n) is 12.1. The van der Waals surface area contributed by atoms with Crippen LogP contribution in [0.5, 0.6) is 0 Å². The van der Waals surface area contributed by atoms with E-state index >= 15 is 0 Å². The molecule has 116 valence electrons. The predicted molar refractivity (Wildman–Crippen MR) is 63.3 cm³/mol. The maximum absolute atomic E-state index is 11.3. The summed E-state index contributed by atoms with van der Waals surface area (Å²) in [6, 6.07) is 0. The number of aliphatic hydroxyl groups is 3. The predicted octanol–water partition coefficient (Wildman–Crippen LogP) is -5.84. The molecular formula is C12H19NaO8. The first-order chi connectivity index (χ1) is 9.41. The Morgan fingerprint density at radius 1 is 1.62 bits per heavy atom. The Morgan fingerprint density at radius 3 is 2.67 bits per heavy atom. The van der Waals surface area contributed by atoms with Gasteiger partial charge in [0.1, 0.15) is 24.3 Å². The van der Waals surface area contributed by atoms with Crippen molar-refractivity contribution in [2.45, 2.75) is 36.6 Å². The van der Waals surface area contributed by atoms with Crippen LogP contribution >= 0.6 is 0 Å². The van der Waals surface area contributed by atoms with Gasteiger partial charge in [-0.2, -0.15) is 0 Å². The van der Waals surface area contributed by atoms with Gasteiger partial charge in [-0.3, -0.25) is 0 Å². The molecule has 1 saturated heterocycles. The SMILES string of the molecule is C=CCO[C@]1(C(=O)[O-])C[C@@H](O)[C@@H](O)[C@@H]([C@@H](CO)OC)O1.[Na+].